The van der Waals surface area contributed by atoms with Gasteiger partial charge in [0.15, 0.2) is 11.2 Å². The minimum Gasteiger partial charge on any atom is -0.325 e. The van der Waals surface area contributed by atoms with Crippen LogP contribution in [0.3, 0.4) is 0 Å². The fraction of sp³-hybridized carbons (Fsp3) is 0.368. The molecular weight excluding hydrogens is 392 g/mol. The average molecular weight is 412 g/mol. The van der Waals surface area contributed by atoms with Gasteiger partial charge in [0.25, 0.3) is 11.2 Å². The number of amides is 1. The summed E-state index contributed by atoms with van der Waals surface area (Å²) in [6.45, 7) is 0.872. The van der Waals surface area contributed by atoms with E-state index < -0.39 is 16.2 Å². The highest BCUT2D eigenvalue weighted by Crippen LogP contribution is 2.32. The van der Waals surface area contributed by atoms with E-state index in [1.807, 2.05) is 0 Å². The number of nitrogens with zero attached hydrogens (tertiary/aromatic N) is 6. The van der Waals surface area contributed by atoms with E-state index in [0.29, 0.717) is 42.8 Å². The molecule has 1 aliphatic rings. The summed E-state index contributed by atoms with van der Waals surface area (Å²) in [5, 5.41) is 11.0. The summed E-state index contributed by atoms with van der Waals surface area (Å²) in [5.74, 6) is -0.126. The van der Waals surface area contributed by atoms with E-state index in [1.54, 1.807) is 22.6 Å². The molecule has 0 saturated heterocycles. The maximum Gasteiger partial charge on any atom is 0.332 e. The molecule has 4 rings (SSSR count). The third-order valence-corrected chi connectivity index (χ3v) is 5.48. The van der Waals surface area contributed by atoms with Crippen molar-refractivity contribution in [2.24, 2.45) is 14.1 Å². The molecule has 11 nitrogen and oxygen atoms in total. The summed E-state index contributed by atoms with van der Waals surface area (Å²) in [4.78, 5) is 53.5. The van der Waals surface area contributed by atoms with Crippen LogP contribution in [-0.2, 0) is 31.9 Å². The smallest absolute Gasteiger partial charge is 0.325 e. The molecule has 3 aromatic rings. The minimum atomic E-state index is -0.473. The number of aryl methyl sites for hydroxylation is 2. The zero-order valence-corrected chi connectivity index (χ0v) is 16.6. The lowest BCUT2D eigenvalue weighted by Gasteiger charge is -2.17. The summed E-state index contributed by atoms with van der Waals surface area (Å²) in [6, 6.07) is 4.58. The van der Waals surface area contributed by atoms with Crippen molar-refractivity contribution in [3.63, 3.8) is 0 Å². The summed E-state index contributed by atoms with van der Waals surface area (Å²) < 4.78 is 3.99. The molecule has 2 aromatic heterocycles. The Hall–Kier alpha value is -3.76. The second kappa shape index (κ2) is 7.25. The molecule has 30 heavy (non-hydrogen) atoms. The molecule has 0 spiro atoms. The number of anilines is 1. The zero-order chi connectivity index (χ0) is 21.6. The van der Waals surface area contributed by atoms with Gasteiger partial charge < -0.3 is 9.47 Å². The van der Waals surface area contributed by atoms with Crippen molar-refractivity contribution < 1.29 is 9.72 Å². The molecule has 0 N–H and O–H groups in total. The summed E-state index contributed by atoms with van der Waals surface area (Å²) in [6.07, 6.45) is 2.82. The van der Waals surface area contributed by atoms with Gasteiger partial charge in [0.1, 0.15) is 0 Å². The van der Waals surface area contributed by atoms with Crippen LogP contribution in [0.1, 0.15) is 18.4 Å². The number of non-ortho nitro benzene ring substituents is 1. The van der Waals surface area contributed by atoms with Gasteiger partial charge in [-0.3, -0.25) is 28.8 Å². The fourth-order valence-corrected chi connectivity index (χ4v) is 3.84. The number of fused-ring (bicyclic) bond motifs is 2. The van der Waals surface area contributed by atoms with E-state index in [2.05, 4.69) is 4.98 Å². The molecule has 0 bridgehead atoms. The minimum absolute atomic E-state index is 0.0419. The number of carbonyl (C=O) groups excluding carboxylic acids is 1. The van der Waals surface area contributed by atoms with Gasteiger partial charge >= 0.3 is 5.69 Å². The average Bonchev–Trinajstić information content (AvgIpc) is 3.34. The zero-order valence-electron chi connectivity index (χ0n) is 16.6. The lowest BCUT2D eigenvalue weighted by atomic mass is 10.1. The molecule has 0 unspecified atom stereocenters. The number of rotatable bonds is 5. The molecule has 11 heteroatoms. The Balaban J connectivity index is 1.50. The van der Waals surface area contributed by atoms with E-state index in [1.165, 1.54) is 30.1 Å². The first kappa shape index (κ1) is 19.6. The van der Waals surface area contributed by atoms with Crippen molar-refractivity contribution in [1.29, 1.82) is 0 Å². The number of imidazole rings is 1. The van der Waals surface area contributed by atoms with Crippen molar-refractivity contribution in [3.05, 3.63) is 61.0 Å². The summed E-state index contributed by atoms with van der Waals surface area (Å²) in [5.41, 5.74) is 1.20. The number of carbonyl (C=O) groups is 1. The van der Waals surface area contributed by atoms with E-state index in [4.69, 9.17) is 0 Å². The number of nitro groups is 1. The Bertz CT molecular complexity index is 1300. The molecule has 0 saturated carbocycles. The molecule has 1 aliphatic heterocycles. The van der Waals surface area contributed by atoms with E-state index in [-0.39, 0.29) is 18.0 Å². The molecule has 156 valence electrons. The highest BCUT2D eigenvalue weighted by molar-refractivity contribution is 5.95. The van der Waals surface area contributed by atoms with Gasteiger partial charge in [-0.25, -0.2) is 9.78 Å². The van der Waals surface area contributed by atoms with Crippen LogP contribution in [0.15, 0.2) is 34.1 Å². The first-order valence-electron chi connectivity index (χ1n) is 9.48. The number of nitro benzene ring substituents is 1. The standard InChI is InChI=1S/C19H20N6O5/c1-21-17-16(18(27)22(2)19(21)28)23(11-20-17)8-3-4-15(26)24-9-7-12-5-6-13(25(29)30)10-14(12)24/h5-6,10-11H,3-4,7-9H2,1-2H3. The van der Waals surface area contributed by atoms with Crippen LogP contribution in [0.4, 0.5) is 11.4 Å². The van der Waals surface area contributed by atoms with Crippen molar-refractivity contribution in [3.8, 4) is 0 Å². The van der Waals surface area contributed by atoms with Gasteiger partial charge in [-0.1, -0.05) is 6.07 Å². The molecule has 0 aliphatic carbocycles. The van der Waals surface area contributed by atoms with Gasteiger partial charge in [0.2, 0.25) is 5.91 Å². The van der Waals surface area contributed by atoms with Crippen molar-refractivity contribution in [2.75, 3.05) is 11.4 Å². The van der Waals surface area contributed by atoms with Gasteiger partial charge in [0.05, 0.1) is 16.9 Å². The Morgan fingerprint density at radius 3 is 2.73 bits per heavy atom. The highest BCUT2D eigenvalue weighted by atomic mass is 16.6. The molecule has 1 aromatic carbocycles. The van der Waals surface area contributed by atoms with E-state index in [9.17, 15) is 24.5 Å². The highest BCUT2D eigenvalue weighted by Gasteiger charge is 2.26. The SMILES string of the molecule is Cn1c(=O)c2c(ncn2CCCC(=O)N2CCc3ccc([N+](=O)[O-])cc32)n(C)c1=O. The Morgan fingerprint density at radius 1 is 1.23 bits per heavy atom. The summed E-state index contributed by atoms with van der Waals surface area (Å²) >= 11 is 0. The van der Waals surface area contributed by atoms with Crippen LogP contribution < -0.4 is 16.1 Å². The first-order valence-corrected chi connectivity index (χ1v) is 9.48. The molecule has 1 amide bonds. The van der Waals surface area contributed by atoms with Crippen LogP contribution in [0.5, 0.6) is 0 Å². The van der Waals surface area contributed by atoms with Crippen LogP contribution in [0.2, 0.25) is 0 Å². The quantitative estimate of drug-likeness (QED) is 0.449. The van der Waals surface area contributed by atoms with Gasteiger partial charge in [-0.05, 0) is 18.4 Å². The Labute approximate surface area is 169 Å². The molecule has 0 atom stereocenters. The monoisotopic (exact) mass is 412 g/mol. The maximum absolute atomic E-state index is 12.7. The lowest BCUT2D eigenvalue weighted by Crippen LogP contribution is -2.37. The summed E-state index contributed by atoms with van der Waals surface area (Å²) in [7, 11) is 2.96. The number of hydrogen-bond acceptors (Lipinski definition) is 6. The Morgan fingerprint density at radius 2 is 2.00 bits per heavy atom. The molecular formula is C19H20N6O5. The Kier molecular flexibility index (Phi) is 4.72. The number of benzene rings is 1. The first-order chi connectivity index (χ1) is 14.3. The predicted molar refractivity (Wildman–Crippen MR) is 109 cm³/mol. The van der Waals surface area contributed by atoms with Crippen molar-refractivity contribution in [1.82, 2.24) is 18.7 Å². The van der Waals surface area contributed by atoms with Crippen LogP contribution >= 0.6 is 0 Å². The van der Waals surface area contributed by atoms with Gasteiger partial charge in [-0.2, -0.15) is 0 Å². The normalized spacial score (nSPS) is 13.1. The fourth-order valence-electron chi connectivity index (χ4n) is 3.84. The van der Waals surface area contributed by atoms with Crippen LogP contribution in [0, 0.1) is 10.1 Å². The predicted octanol–water partition coefficient (Wildman–Crippen LogP) is 0.711. The topological polar surface area (TPSA) is 125 Å². The van der Waals surface area contributed by atoms with E-state index >= 15 is 0 Å². The molecule has 0 radical (unpaired) electrons. The molecule has 3 heterocycles. The largest absolute Gasteiger partial charge is 0.332 e. The van der Waals surface area contributed by atoms with Crippen molar-refractivity contribution >= 4 is 28.4 Å². The van der Waals surface area contributed by atoms with Crippen LogP contribution in [0.25, 0.3) is 11.2 Å². The van der Waals surface area contributed by atoms with Crippen LogP contribution in [-0.4, -0.2) is 36.1 Å². The lowest BCUT2D eigenvalue weighted by molar-refractivity contribution is -0.384. The number of aromatic nitrogens is 4. The second-order valence-corrected chi connectivity index (χ2v) is 7.28. The van der Waals surface area contributed by atoms with Gasteiger partial charge in [-0.15, -0.1) is 0 Å². The van der Waals surface area contributed by atoms with Crippen molar-refractivity contribution in [2.45, 2.75) is 25.8 Å². The number of hydrogen-bond donors (Lipinski definition) is 0. The van der Waals surface area contributed by atoms with Gasteiger partial charge in [0, 0.05) is 45.7 Å². The van der Waals surface area contributed by atoms with E-state index in [0.717, 1.165) is 10.1 Å². The second-order valence-electron chi connectivity index (χ2n) is 7.28. The maximum atomic E-state index is 12.7. The third kappa shape index (κ3) is 3.08. The third-order valence-electron chi connectivity index (χ3n) is 5.48. The molecule has 0 fully saturated rings.